The monoisotopic (exact) mass is 1040 g/mol. The average Bonchev–Trinajstić information content (AvgIpc) is 3.35. The van der Waals surface area contributed by atoms with Crippen LogP contribution in [0.2, 0.25) is 0 Å². The van der Waals surface area contributed by atoms with Gasteiger partial charge in [0.1, 0.15) is 19.8 Å². The maximum atomic E-state index is 12.8. The summed E-state index contributed by atoms with van der Waals surface area (Å²) >= 11 is 0. The number of nitrogens with zero attached hydrogens (tertiary/aromatic N) is 1. The van der Waals surface area contributed by atoms with Crippen molar-refractivity contribution in [2.24, 2.45) is 0 Å². The average molecular weight is 1040 g/mol. The van der Waals surface area contributed by atoms with Crippen molar-refractivity contribution in [2.45, 2.75) is 245 Å². The Hall–Kier alpha value is -3.07. The second-order valence-corrected chi connectivity index (χ2v) is 22.1. The van der Waals surface area contributed by atoms with Gasteiger partial charge in [-0.3, -0.25) is 18.6 Å². The Morgan fingerprint density at radius 1 is 0.438 bits per heavy atom. The molecule has 0 aromatic rings. The number of esters is 2. The van der Waals surface area contributed by atoms with Gasteiger partial charge in [0.25, 0.3) is 0 Å². The summed E-state index contributed by atoms with van der Waals surface area (Å²) in [5.41, 5.74) is 0. The van der Waals surface area contributed by atoms with Gasteiger partial charge in [-0.2, -0.15) is 0 Å². The van der Waals surface area contributed by atoms with Gasteiger partial charge in [-0.25, -0.2) is 4.57 Å². The Morgan fingerprint density at radius 2 is 0.781 bits per heavy atom. The van der Waals surface area contributed by atoms with Crippen LogP contribution in [0.5, 0.6) is 0 Å². The van der Waals surface area contributed by atoms with Crippen LogP contribution in [-0.2, 0) is 32.7 Å². The lowest BCUT2D eigenvalue weighted by Gasteiger charge is -2.24. The third kappa shape index (κ3) is 58.1. The number of unbranched alkanes of at least 4 members (excludes halogenated alkanes) is 23. The van der Waals surface area contributed by atoms with Crippen molar-refractivity contribution >= 4 is 19.8 Å². The van der Waals surface area contributed by atoms with Crippen molar-refractivity contribution in [1.82, 2.24) is 0 Å². The molecule has 0 saturated carbocycles. The van der Waals surface area contributed by atoms with E-state index < -0.39 is 26.5 Å². The molecule has 0 spiro atoms. The van der Waals surface area contributed by atoms with Crippen LogP contribution < -0.4 is 0 Å². The van der Waals surface area contributed by atoms with Crippen molar-refractivity contribution in [2.75, 3.05) is 47.5 Å². The van der Waals surface area contributed by atoms with Crippen LogP contribution in [0, 0.1) is 0 Å². The molecule has 0 bridgehead atoms. The van der Waals surface area contributed by atoms with E-state index in [-0.39, 0.29) is 32.0 Å². The van der Waals surface area contributed by atoms with Gasteiger partial charge >= 0.3 is 19.8 Å². The molecule has 0 aliphatic rings. The van der Waals surface area contributed by atoms with Crippen molar-refractivity contribution < 1.29 is 42.1 Å². The smallest absolute Gasteiger partial charge is 0.462 e. The zero-order valence-corrected chi connectivity index (χ0v) is 48.5. The van der Waals surface area contributed by atoms with Gasteiger partial charge in [0.05, 0.1) is 27.7 Å². The zero-order valence-electron chi connectivity index (χ0n) is 47.6. The number of carbonyl (C=O) groups is 2. The van der Waals surface area contributed by atoms with Gasteiger partial charge in [0.2, 0.25) is 0 Å². The zero-order chi connectivity index (χ0) is 53.5. The number of phosphoric acid groups is 1. The van der Waals surface area contributed by atoms with Crippen LogP contribution >= 0.6 is 7.82 Å². The molecule has 1 N–H and O–H groups in total. The summed E-state index contributed by atoms with van der Waals surface area (Å²) in [5, 5.41) is 0. The number of hydrogen-bond donors (Lipinski definition) is 1. The largest absolute Gasteiger partial charge is 0.472 e. The van der Waals surface area contributed by atoms with Gasteiger partial charge in [0.15, 0.2) is 6.10 Å². The highest BCUT2D eigenvalue weighted by atomic mass is 31.2. The minimum absolute atomic E-state index is 0.0279. The van der Waals surface area contributed by atoms with Crippen molar-refractivity contribution in [1.29, 1.82) is 0 Å². The fourth-order valence-electron chi connectivity index (χ4n) is 7.81. The summed E-state index contributed by atoms with van der Waals surface area (Å²) in [6.45, 7) is 4.28. The molecule has 0 aromatic carbocycles. The van der Waals surface area contributed by atoms with E-state index in [1.807, 2.05) is 21.1 Å². The fraction of sp³-hybridized carbons (Fsp3) is 0.714. The van der Waals surface area contributed by atoms with Crippen LogP contribution in [0.15, 0.2) is 97.2 Å². The summed E-state index contributed by atoms with van der Waals surface area (Å²) in [4.78, 5) is 35.6. The first-order valence-corrected chi connectivity index (χ1v) is 31.0. The highest BCUT2D eigenvalue weighted by molar-refractivity contribution is 7.47. The van der Waals surface area contributed by atoms with Gasteiger partial charge in [-0.15, -0.1) is 0 Å². The second kappa shape index (κ2) is 53.7. The third-order valence-corrected chi connectivity index (χ3v) is 13.3. The number of ether oxygens (including phenoxy) is 2. The Morgan fingerprint density at radius 3 is 1.18 bits per heavy atom. The maximum Gasteiger partial charge on any atom is 0.472 e. The highest BCUT2D eigenvalue weighted by Crippen LogP contribution is 2.43. The summed E-state index contributed by atoms with van der Waals surface area (Å²) in [6.07, 6.45) is 73.5. The molecule has 9 nitrogen and oxygen atoms in total. The summed E-state index contributed by atoms with van der Waals surface area (Å²) in [5.74, 6) is -0.809. The molecule has 10 heteroatoms. The Labute approximate surface area is 449 Å². The second-order valence-electron chi connectivity index (χ2n) is 20.6. The van der Waals surface area contributed by atoms with Crippen LogP contribution in [0.25, 0.3) is 0 Å². The molecule has 0 aliphatic heterocycles. The van der Waals surface area contributed by atoms with Gasteiger partial charge in [-0.1, -0.05) is 227 Å². The molecule has 0 saturated heterocycles. The number of quaternary nitrogens is 1. The van der Waals surface area contributed by atoms with Crippen molar-refractivity contribution in [3.8, 4) is 0 Å². The number of likely N-dealkylation sites (N-methyl/N-ethyl adjacent to an activating group) is 1. The number of hydrogen-bond acceptors (Lipinski definition) is 7. The number of phosphoric ester groups is 1. The molecule has 0 aliphatic carbocycles. The molecule has 0 rings (SSSR count). The van der Waals surface area contributed by atoms with E-state index in [4.69, 9.17) is 18.5 Å². The first-order valence-electron chi connectivity index (χ1n) is 29.5. The van der Waals surface area contributed by atoms with Crippen molar-refractivity contribution in [3.63, 3.8) is 0 Å². The minimum Gasteiger partial charge on any atom is -0.462 e. The predicted molar refractivity (Wildman–Crippen MR) is 312 cm³/mol. The van der Waals surface area contributed by atoms with Gasteiger partial charge < -0.3 is 18.9 Å². The molecule has 0 amide bonds. The predicted octanol–water partition coefficient (Wildman–Crippen LogP) is 18.4. The highest BCUT2D eigenvalue weighted by Gasteiger charge is 2.27. The molecular formula is C63H111NO8P+. The lowest BCUT2D eigenvalue weighted by atomic mass is 10.0. The standard InChI is InChI=1S/C63H110NO8P/c1-6-8-10-12-14-16-18-20-21-22-23-24-25-26-27-28-29-30-31-32-33-34-35-36-37-38-39-40-41-42-43-44-46-48-50-52-54-56-63(66)72-61(60-71-73(67,68)70-58-57-64(3,4)5)59-69-62(65)55-53-51-49-47-45-19-17-15-13-11-9-7-2/h8,10,14-17,20-21,23-24,26-27,29-30,32-33,61H,6-7,9,11-13,18-19,22,25,28,31,34-60H2,1-5H3/p+1/b10-8-,16-14-,17-15-,21-20-,24-23-,27-26-,30-29-,33-32-. The van der Waals surface area contributed by atoms with Crippen LogP contribution in [-0.4, -0.2) is 74.9 Å². The molecule has 0 fully saturated rings. The molecule has 2 unspecified atom stereocenters. The summed E-state index contributed by atoms with van der Waals surface area (Å²) in [6, 6.07) is 0. The topological polar surface area (TPSA) is 108 Å². The van der Waals surface area contributed by atoms with E-state index in [0.29, 0.717) is 17.4 Å². The number of rotatable bonds is 53. The van der Waals surface area contributed by atoms with Crippen molar-refractivity contribution in [3.05, 3.63) is 97.2 Å². The number of carbonyl (C=O) groups excluding carboxylic acids is 2. The normalized spacial score (nSPS) is 14.0. The fourth-order valence-corrected chi connectivity index (χ4v) is 8.56. The molecular weight excluding hydrogens is 930 g/mol. The maximum absolute atomic E-state index is 12.8. The van der Waals surface area contributed by atoms with Gasteiger partial charge in [-0.05, 0) is 96.3 Å². The lowest BCUT2D eigenvalue weighted by molar-refractivity contribution is -0.870. The third-order valence-electron chi connectivity index (χ3n) is 12.3. The van der Waals surface area contributed by atoms with E-state index in [0.717, 1.165) is 103 Å². The molecule has 0 aromatic heterocycles. The quantitative estimate of drug-likeness (QED) is 0.0211. The number of allylic oxidation sites excluding steroid dienone is 16. The van der Waals surface area contributed by atoms with E-state index in [1.54, 1.807) is 0 Å². The Kier molecular flexibility index (Phi) is 51.5. The molecule has 2 atom stereocenters. The molecule has 0 heterocycles. The Balaban J connectivity index is 4.01. The van der Waals surface area contributed by atoms with E-state index in [9.17, 15) is 19.0 Å². The van der Waals surface area contributed by atoms with E-state index in [1.165, 1.54) is 103 Å². The molecule has 0 radical (unpaired) electrons. The van der Waals surface area contributed by atoms with E-state index in [2.05, 4.69) is 111 Å². The minimum atomic E-state index is -4.39. The SMILES string of the molecule is CC/C=C\C/C=C\C/C=C\C/C=C\C/C=C\C/C=C\C/C=C\CCCCCCCCCCCCCCCCCC(=O)OC(COC(=O)CCCCCCC/C=C\CCCCC)COP(=O)(O)OCC[N+](C)(C)C. The Bertz CT molecular complexity index is 1550. The lowest BCUT2D eigenvalue weighted by Crippen LogP contribution is -2.37. The van der Waals surface area contributed by atoms with Crippen LogP contribution in [0.1, 0.15) is 239 Å². The summed E-state index contributed by atoms with van der Waals surface area (Å²) in [7, 11) is 1.47. The first kappa shape index (κ1) is 69.9. The molecule has 73 heavy (non-hydrogen) atoms. The summed E-state index contributed by atoms with van der Waals surface area (Å²) < 4.78 is 34.5. The van der Waals surface area contributed by atoms with Gasteiger partial charge in [0, 0.05) is 12.8 Å². The molecule has 420 valence electrons. The van der Waals surface area contributed by atoms with Crippen LogP contribution in [0.3, 0.4) is 0 Å². The van der Waals surface area contributed by atoms with E-state index >= 15 is 0 Å². The first-order chi connectivity index (χ1) is 35.5. The van der Waals surface area contributed by atoms with Crippen LogP contribution in [0.4, 0.5) is 0 Å².